The van der Waals surface area contributed by atoms with Crippen LogP contribution in [0.3, 0.4) is 0 Å². The molecule has 3 aromatic rings. The maximum absolute atomic E-state index is 10.4. The molecule has 0 spiro atoms. The van der Waals surface area contributed by atoms with Crippen molar-refractivity contribution in [3.8, 4) is 0 Å². The van der Waals surface area contributed by atoms with Crippen LogP contribution in [0.5, 0.6) is 0 Å². The number of quaternary nitrogens is 1. The summed E-state index contributed by atoms with van der Waals surface area (Å²) in [6.07, 6.45) is 4.42. The van der Waals surface area contributed by atoms with Crippen molar-refractivity contribution in [3.05, 3.63) is 101 Å². The minimum absolute atomic E-state index is 0.178. The first-order chi connectivity index (χ1) is 13.4. The standard InChI is InChI=1S/C16H15N.C7H8O3S/c1-2-5-13(6-3-1)9-10-14-7-4-8-15-11-17-12-16(14)15;1-6-2-4-7(5-3-6)11(8,9)10/h1-10,17H,11-12H2;2-5H,1H3,(H,8,9,10)/b10-9+;. The molecule has 4 nitrogen and oxygen atoms in total. The molecule has 0 radical (unpaired) electrons. The predicted molar refractivity (Wildman–Crippen MR) is 110 cm³/mol. The first-order valence-electron chi connectivity index (χ1n) is 9.11. The fraction of sp³-hybridized carbons (Fsp3) is 0.130. The second-order valence-electron chi connectivity index (χ2n) is 6.69. The van der Waals surface area contributed by atoms with Gasteiger partial charge >= 0.3 is 0 Å². The van der Waals surface area contributed by atoms with Crippen molar-refractivity contribution in [2.24, 2.45) is 0 Å². The van der Waals surface area contributed by atoms with E-state index in [1.165, 1.54) is 34.4 Å². The predicted octanol–water partition coefficient (Wildman–Crippen LogP) is 3.33. The lowest BCUT2D eigenvalue weighted by atomic mass is 10.0. The molecule has 0 amide bonds. The molecule has 0 bridgehead atoms. The zero-order valence-electron chi connectivity index (χ0n) is 15.7. The van der Waals surface area contributed by atoms with E-state index >= 15 is 0 Å². The van der Waals surface area contributed by atoms with E-state index in [4.69, 9.17) is 0 Å². The summed E-state index contributed by atoms with van der Waals surface area (Å²) in [5.41, 5.74) is 6.53. The van der Waals surface area contributed by atoms with E-state index in [0.717, 1.165) is 18.7 Å². The Kier molecular flexibility index (Phi) is 6.41. The highest BCUT2D eigenvalue weighted by Gasteiger charge is 2.15. The fourth-order valence-corrected chi connectivity index (χ4v) is 3.55. The molecule has 0 fully saturated rings. The van der Waals surface area contributed by atoms with E-state index in [9.17, 15) is 13.0 Å². The molecule has 28 heavy (non-hydrogen) atoms. The normalized spacial score (nSPS) is 13.1. The molecule has 1 heterocycles. The van der Waals surface area contributed by atoms with Crippen LogP contribution in [-0.4, -0.2) is 13.0 Å². The van der Waals surface area contributed by atoms with Gasteiger partial charge in [0.2, 0.25) is 0 Å². The van der Waals surface area contributed by atoms with Gasteiger partial charge in [-0.05, 0) is 30.2 Å². The van der Waals surface area contributed by atoms with Crippen molar-refractivity contribution in [1.29, 1.82) is 0 Å². The van der Waals surface area contributed by atoms with Gasteiger partial charge in [0, 0.05) is 11.1 Å². The average molecular weight is 394 g/mol. The van der Waals surface area contributed by atoms with Gasteiger partial charge in [0.25, 0.3) is 0 Å². The smallest absolute Gasteiger partial charge is 0.124 e. The maximum atomic E-state index is 10.4. The van der Waals surface area contributed by atoms with E-state index in [1.54, 1.807) is 12.1 Å². The topological polar surface area (TPSA) is 73.8 Å². The molecular formula is C23H23NO3S. The Bertz CT molecular complexity index is 1060. The van der Waals surface area contributed by atoms with Gasteiger partial charge in [-0.25, -0.2) is 8.42 Å². The Labute approximate surface area is 166 Å². The summed E-state index contributed by atoms with van der Waals surface area (Å²) < 4.78 is 31.2. The lowest BCUT2D eigenvalue weighted by molar-refractivity contribution is -0.676. The van der Waals surface area contributed by atoms with Crippen LogP contribution in [0.1, 0.15) is 27.8 Å². The number of aryl methyl sites for hydroxylation is 1. The van der Waals surface area contributed by atoms with Crippen molar-refractivity contribution >= 4 is 22.3 Å². The molecule has 0 saturated heterocycles. The first-order valence-corrected chi connectivity index (χ1v) is 10.5. The molecule has 0 atom stereocenters. The molecular weight excluding hydrogens is 370 g/mol. The highest BCUT2D eigenvalue weighted by molar-refractivity contribution is 7.85. The summed E-state index contributed by atoms with van der Waals surface area (Å²) in [7, 11) is -4.27. The SMILES string of the molecule is C(=C\c1cccc2c1C[NH2+]C2)/c1ccccc1.Cc1ccc(S(=O)(=O)[O-])cc1. The molecule has 0 saturated carbocycles. The van der Waals surface area contributed by atoms with Crippen LogP contribution in [-0.2, 0) is 23.2 Å². The summed E-state index contributed by atoms with van der Waals surface area (Å²) in [6.45, 7) is 4.06. The molecule has 5 heteroatoms. The first kappa shape index (κ1) is 20.0. The Hall–Kier alpha value is -2.73. The zero-order valence-corrected chi connectivity index (χ0v) is 16.5. The lowest BCUT2D eigenvalue weighted by Crippen LogP contribution is -2.77. The van der Waals surface area contributed by atoms with Crippen LogP contribution in [0, 0.1) is 6.92 Å². The van der Waals surface area contributed by atoms with Crippen molar-refractivity contribution in [3.63, 3.8) is 0 Å². The fourth-order valence-electron chi connectivity index (χ4n) is 3.08. The second-order valence-corrected chi connectivity index (χ2v) is 8.07. The summed E-state index contributed by atoms with van der Waals surface area (Å²) >= 11 is 0. The molecule has 0 aliphatic carbocycles. The van der Waals surface area contributed by atoms with Crippen LogP contribution in [0.2, 0.25) is 0 Å². The van der Waals surface area contributed by atoms with E-state index in [0.29, 0.717) is 0 Å². The van der Waals surface area contributed by atoms with Crippen molar-refractivity contribution in [2.75, 3.05) is 0 Å². The molecule has 1 aliphatic rings. The Morgan fingerprint density at radius 1 is 0.857 bits per heavy atom. The second kappa shape index (κ2) is 8.97. The molecule has 0 unspecified atom stereocenters. The largest absolute Gasteiger partial charge is 0.744 e. The van der Waals surface area contributed by atoms with Gasteiger partial charge in [0.1, 0.15) is 23.2 Å². The quantitative estimate of drug-likeness (QED) is 0.548. The van der Waals surface area contributed by atoms with E-state index in [1.807, 2.05) is 13.0 Å². The summed E-state index contributed by atoms with van der Waals surface area (Å²) in [4.78, 5) is -0.178. The van der Waals surface area contributed by atoms with Gasteiger partial charge in [-0.1, -0.05) is 78.4 Å². The molecule has 3 aromatic carbocycles. The summed E-state index contributed by atoms with van der Waals surface area (Å²) in [5.74, 6) is 0. The van der Waals surface area contributed by atoms with Gasteiger partial charge in [-0.2, -0.15) is 0 Å². The highest BCUT2D eigenvalue weighted by atomic mass is 32.2. The van der Waals surface area contributed by atoms with Crippen LogP contribution in [0.15, 0.2) is 77.7 Å². The molecule has 4 rings (SSSR count). The molecule has 2 N–H and O–H groups in total. The van der Waals surface area contributed by atoms with Gasteiger partial charge in [-0.3, -0.25) is 0 Å². The number of rotatable bonds is 3. The lowest BCUT2D eigenvalue weighted by Gasteiger charge is -2.05. The minimum atomic E-state index is -4.27. The third kappa shape index (κ3) is 5.39. The third-order valence-corrected chi connectivity index (χ3v) is 5.44. The molecule has 1 aliphatic heterocycles. The summed E-state index contributed by atoms with van der Waals surface area (Å²) in [6, 6.07) is 22.8. The molecule has 0 aromatic heterocycles. The van der Waals surface area contributed by atoms with E-state index in [2.05, 4.69) is 59.9 Å². The number of benzene rings is 3. The summed E-state index contributed by atoms with van der Waals surface area (Å²) in [5, 5.41) is 2.35. The van der Waals surface area contributed by atoms with Crippen LogP contribution >= 0.6 is 0 Å². The number of hydrogen-bond acceptors (Lipinski definition) is 3. The van der Waals surface area contributed by atoms with Crippen molar-refractivity contribution in [1.82, 2.24) is 0 Å². The van der Waals surface area contributed by atoms with Gasteiger partial charge in [-0.15, -0.1) is 0 Å². The number of fused-ring (bicyclic) bond motifs is 1. The van der Waals surface area contributed by atoms with Crippen LogP contribution < -0.4 is 5.32 Å². The van der Waals surface area contributed by atoms with Crippen LogP contribution in [0.25, 0.3) is 12.2 Å². The Morgan fingerprint density at radius 2 is 1.57 bits per heavy atom. The zero-order chi connectivity index (χ0) is 20.0. The van der Waals surface area contributed by atoms with Crippen molar-refractivity contribution in [2.45, 2.75) is 24.9 Å². The van der Waals surface area contributed by atoms with Gasteiger partial charge in [0.05, 0.1) is 4.90 Å². The maximum Gasteiger partial charge on any atom is 0.124 e. The van der Waals surface area contributed by atoms with E-state index in [-0.39, 0.29) is 4.90 Å². The average Bonchev–Trinajstić information content (AvgIpc) is 3.17. The third-order valence-electron chi connectivity index (χ3n) is 4.59. The van der Waals surface area contributed by atoms with Crippen LogP contribution in [0.4, 0.5) is 0 Å². The minimum Gasteiger partial charge on any atom is -0.744 e. The molecule has 144 valence electrons. The van der Waals surface area contributed by atoms with Gasteiger partial charge < -0.3 is 9.87 Å². The Morgan fingerprint density at radius 3 is 2.25 bits per heavy atom. The highest BCUT2D eigenvalue weighted by Crippen LogP contribution is 2.19. The van der Waals surface area contributed by atoms with Gasteiger partial charge in [0.15, 0.2) is 0 Å². The van der Waals surface area contributed by atoms with Crippen molar-refractivity contribution < 1.29 is 18.3 Å². The number of hydrogen-bond donors (Lipinski definition) is 1. The van der Waals surface area contributed by atoms with E-state index < -0.39 is 10.1 Å². The monoisotopic (exact) mass is 393 g/mol. The number of nitrogens with two attached hydrogens (primary N) is 1. The Balaban J connectivity index is 0.000000178.